The van der Waals surface area contributed by atoms with Crippen LogP contribution in [0, 0.1) is 6.43 Å². The first-order valence-electron chi connectivity index (χ1n) is 2.39. The number of pyridine rings is 1. The fraction of sp³-hybridized carbons (Fsp3) is 0. The Kier molecular flexibility index (Phi) is 1.72. The summed E-state index contributed by atoms with van der Waals surface area (Å²) in [5.41, 5.74) is -0.0648. The summed E-state index contributed by atoms with van der Waals surface area (Å²) < 4.78 is 23.3. The van der Waals surface area contributed by atoms with Crippen LogP contribution in [0.4, 0.5) is 8.78 Å². The quantitative estimate of drug-likeness (QED) is 0.562. The van der Waals surface area contributed by atoms with Crippen LogP contribution in [0.5, 0.6) is 0 Å². The van der Waals surface area contributed by atoms with Gasteiger partial charge in [0.1, 0.15) is 0 Å². The van der Waals surface area contributed by atoms with E-state index < -0.39 is 6.43 Å². The van der Waals surface area contributed by atoms with Crippen molar-refractivity contribution < 1.29 is 8.78 Å². The van der Waals surface area contributed by atoms with Crippen LogP contribution in [0.3, 0.4) is 0 Å². The van der Waals surface area contributed by atoms with Crippen molar-refractivity contribution in [2.45, 2.75) is 0 Å². The molecule has 1 nitrogen and oxygen atoms in total. The summed E-state index contributed by atoms with van der Waals surface area (Å²) in [4.78, 5) is 3.58. The Balaban J connectivity index is 2.85. The minimum Gasteiger partial charge on any atom is -0.265 e. The molecule has 1 rings (SSSR count). The lowest BCUT2D eigenvalue weighted by molar-refractivity contribution is 0.324. The predicted octanol–water partition coefficient (Wildman–Crippen LogP) is 1.86. The molecule has 0 aliphatic rings. The molecule has 0 saturated carbocycles. The molecule has 0 saturated heterocycles. The third kappa shape index (κ3) is 1.45. The Labute approximate surface area is 51.3 Å². The minimum absolute atomic E-state index is 0.0648. The van der Waals surface area contributed by atoms with E-state index in [0.29, 0.717) is 0 Å². The number of hydrogen-bond donors (Lipinski definition) is 0. The Bertz CT molecular complexity index is 174. The van der Waals surface area contributed by atoms with Gasteiger partial charge in [-0.2, -0.15) is 8.78 Å². The number of nitrogens with zero attached hydrogens (tertiary/aromatic N) is 1. The van der Waals surface area contributed by atoms with Crippen molar-refractivity contribution in [2.75, 3.05) is 0 Å². The van der Waals surface area contributed by atoms with Gasteiger partial charge in [0, 0.05) is 18.0 Å². The Hall–Kier alpha value is -0.990. The van der Waals surface area contributed by atoms with E-state index in [1.165, 1.54) is 24.5 Å². The molecule has 0 fully saturated rings. The van der Waals surface area contributed by atoms with Crippen LogP contribution in [0.1, 0.15) is 5.56 Å². The number of hydrogen-bond acceptors (Lipinski definition) is 1. The van der Waals surface area contributed by atoms with Gasteiger partial charge in [0.05, 0.1) is 0 Å². The van der Waals surface area contributed by atoms with Crippen molar-refractivity contribution in [2.24, 2.45) is 0 Å². The van der Waals surface area contributed by atoms with E-state index in [1.807, 2.05) is 0 Å². The van der Waals surface area contributed by atoms with Crippen molar-refractivity contribution in [1.29, 1.82) is 0 Å². The molecular weight excluding hydrogens is 124 g/mol. The monoisotopic (exact) mass is 128 g/mol. The lowest BCUT2D eigenvalue weighted by atomic mass is 10.3. The second kappa shape index (κ2) is 2.53. The van der Waals surface area contributed by atoms with Crippen molar-refractivity contribution in [3.63, 3.8) is 0 Å². The molecule has 47 valence electrons. The maximum absolute atomic E-state index is 11.7. The molecule has 1 radical (unpaired) electrons. The molecule has 3 heteroatoms. The average molecular weight is 128 g/mol. The van der Waals surface area contributed by atoms with Gasteiger partial charge in [0.2, 0.25) is 0 Å². The van der Waals surface area contributed by atoms with E-state index in [4.69, 9.17) is 0 Å². The molecule has 0 bridgehead atoms. The molecule has 0 aromatic carbocycles. The van der Waals surface area contributed by atoms with Gasteiger partial charge < -0.3 is 0 Å². The van der Waals surface area contributed by atoms with Gasteiger partial charge in [-0.3, -0.25) is 4.98 Å². The fourth-order valence-electron chi connectivity index (χ4n) is 0.478. The smallest absolute Gasteiger partial charge is 0.265 e. The number of rotatable bonds is 1. The lowest BCUT2D eigenvalue weighted by Gasteiger charge is -1.91. The van der Waals surface area contributed by atoms with Crippen LogP contribution >= 0.6 is 0 Å². The SMILES string of the molecule is F[C](F)c1ccncc1. The van der Waals surface area contributed by atoms with Gasteiger partial charge >= 0.3 is 6.43 Å². The van der Waals surface area contributed by atoms with Crippen molar-refractivity contribution in [3.8, 4) is 0 Å². The molecule has 0 spiro atoms. The van der Waals surface area contributed by atoms with Crippen LogP contribution < -0.4 is 0 Å². The maximum atomic E-state index is 11.7. The molecule has 1 aromatic rings. The first-order chi connectivity index (χ1) is 4.30. The zero-order valence-electron chi connectivity index (χ0n) is 4.51. The Morgan fingerprint density at radius 1 is 1.22 bits per heavy atom. The van der Waals surface area contributed by atoms with Gasteiger partial charge in [0.15, 0.2) is 0 Å². The van der Waals surface area contributed by atoms with Crippen LogP contribution in [-0.2, 0) is 0 Å². The Morgan fingerprint density at radius 2 is 1.78 bits per heavy atom. The van der Waals surface area contributed by atoms with Gasteiger partial charge in [0.25, 0.3) is 0 Å². The standard InChI is InChI=1S/C6H4F2N/c7-6(8)5-1-3-9-4-2-5/h1-4H. The molecule has 1 aromatic heterocycles. The average Bonchev–Trinajstić information content (AvgIpc) is 1.90. The molecule has 9 heavy (non-hydrogen) atoms. The van der Waals surface area contributed by atoms with Crippen LogP contribution in [0.2, 0.25) is 0 Å². The molecular formula is C6H4F2N. The van der Waals surface area contributed by atoms with Crippen molar-refractivity contribution in [1.82, 2.24) is 4.98 Å². The minimum atomic E-state index is -1.67. The summed E-state index contributed by atoms with van der Waals surface area (Å²) in [6, 6.07) is 2.52. The van der Waals surface area contributed by atoms with E-state index in [1.54, 1.807) is 0 Å². The predicted molar refractivity (Wildman–Crippen MR) is 28.8 cm³/mol. The molecule has 0 N–H and O–H groups in total. The highest BCUT2D eigenvalue weighted by Gasteiger charge is 2.06. The zero-order chi connectivity index (χ0) is 6.69. The van der Waals surface area contributed by atoms with E-state index in [9.17, 15) is 8.78 Å². The topological polar surface area (TPSA) is 12.9 Å². The molecule has 0 atom stereocenters. The first kappa shape index (κ1) is 6.13. The summed E-state index contributed by atoms with van der Waals surface area (Å²) in [6.07, 6.45) is 0.987. The van der Waals surface area contributed by atoms with Crippen LogP contribution in [0.15, 0.2) is 24.5 Å². The second-order valence-corrected chi connectivity index (χ2v) is 1.50. The first-order valence-corrected chi connectivity index (χ1v) is 2.39. The zero-order valence-corrected chi connectivity index (χ0v) is 4.51. The highest BCUT2D eigenvalue weighted by Crippen LogP contribution is 2.14. The third-order valence-corrected chi connectivity index (χ3v) is 0.899. The van der Waals surface area contributed by atoms with Gasteiger partial charge in [-0.15, -0.1) is 0 Å². The summed E-state index contributed by atoms with van der Waals surface area (Å²) in [5.74, 6) is 0. The van der Waals surface area contributed by atoms with Gasteiger partial charge in [-0.05, 0) is 12.1 Å². The van der Waals surface area contributed by atoms with Gasteiger partial charge in [-0.1, -0.05) is 0 Å². The molecule has 0 aliphatic carbocycles. The lowest BCUT2D eigenvalue weighted by Crippen LogP contribution is -1.82. The maximum Gasteiger partial charge on any atom is 0.339 e. The Morgan fingerprint density at radius 3 is 2.11 bits per heavy atom. The second-order valence-electron chi connectivity index (χ2n) is 1.50. The number of aromatic nitrogens is 1. The van der Waals surface area contributed by atoms with Crippen molar-refractivity contribution in [3.05, 3.63) is 36.5 Å². The molecule has 0 unspecified atom stereocenters. The summed E-state index contributed by atoms with van der Waals surface area (Å²) in [7, 11) is 0. The normalized spacial score (nSPS) is 10.1. The van der Waals surface area contributed by atoms with Crippen LogP contribution in [-0.4, -0.2) is 4.98 Å². The summed E-state index contributed by atoms with van der Waals surface area (Å²) in [6.45, 7) is 0. The fourth-order valence-corrected chi connectivity index (χ4v) is 0.478. The third-order valence-electron chi connectivity index (χ3n) is 0.899. The summed E-state index contributed by atoms with van der Waals surface area (Å²) in [5, 5.41) is 0. The largest absolute Gasteiger partial charge is 0.339 e. The van der Waals surface area contributed by atoms with E-state index in [-0.39, 0.29) is 5.56 Å². The molecule has 0 aliphatic heterocycles. The van der Waals surface area contributed by atoms with E-state index in [2.05, 4.69) is 4.98 Å². The highest BCUT2D eigenvalue weighted by atomic mass is 19.3. The highest BCUT2D eigenvalue weighted by molar-refractivity contribution is 5.19. The van der Waals surface area contributed by atoms with Crippen molar-refractivity contribution >= 4 is 0 Å². The van der Waals surface area contributed by atoms with E-state index in [0.717, 1.165) is 0 Å². The molecule has 1 heterocycles. The molecule has 0 amide bonds. The number of halogens is 2. The van der Waals surface area contributed by atoms with Gasteiger partial charge in [-0.25, -0.2) is 0 Å². The summed E-state index contributed by atoms with van der Waals surface area (Å²) >= 11 is 0. The van der Waals surface area contributed by atoms with E-state index >= 15 is 0 Å². The van der Waals surface area contributed by atoms with Crippen LogP contribution in [0.25, 0.3) is 0 Å².